The summed E-state index contributed by atoms with van der Waals surface area (Å²) >= 11 is 11.3. The number of carbonyl (C=O) groups excluding carboxylic acids is 1. The third kappa shape index (κ3) is 5.15. The van der Waals surface area contributed by atoms with Crippen molar-refractivity contribution in [3.63, 3.8) is 0 Å². The first-order valence-corrected chi connectivity index (χ1v) is 13.1. The molecule has 1 aliphatic heterocycles. The first-order chi connectivity index (χ1) is 16.7. The van der Waals surface area contributed by atoms with E-state index in [1.54, 1.807) is 32.1 Å². The van der Waals surface area contributed by atoms with Crippen LogP contribution in [0.5, 0.6) is 5.75 Å². The molecule has 0 saturated heterocycles. The van der Waals surface area contributed by atoms with Crippen LogP contribution >= 0.6 is 38.9 Å². The van der Waals surface area contributed by atoms with E-state index >= 15 is 0 Å². The Hall–Kier alpha value is -2.68. The number of aromatic nitrogens is 1. The highest BCUT2D eigenvalue weighted by Crippen LogP contribution is 2.34. The topological polar surface area (TPSA) is 69.9 Å². The fraction of sp³-hybridized carbons (Fsp3) is 0.269. The SMILES string of the molecule is CCOC(=O)C1=C(C)N=c2s/c(=C\c3ccc(OC(C)C)c(Br)c3)c(=O)n2[C@H]1c1ccccc1Cl. The minimum Gasteiger partial charge on any atom is -0.490 e. The Labute approximate surface area is 220 Å². The summed E-state index contributed by atoms with van der Waals surface area (Å²) in [5.41, 5.74) is 2.01. The van der Waals surface area contributed by atoms with Crippen LogP contribution in [-0.2, 0) is 9.53 Å². The number of benzene rings is 2. The zero-order valence-electron chi connectivity index (χ0n) is 19.7. The second-order valence-electron chi connectivity index (χ2n) is 8.18. The molecule has 0 aliphatic carbocycles. The quantitative estimate of drug-likeness (QED) is 0.388. The molecule has 4 rings (SSSR count). The fourth-order valence-corrected chi connectivity index (χ4v) is 5.67. The van der Waals surface area contributed by atoms with Crippen LogP contribution in [0.25, 0.3) is 6.08 Å². The number of hydrogen-bond acceptors (Lipinski definition) is 6. The van der Waals surface area contributed by atoms with Crippen LogP contribution in [0.1, 0.15) is 44.9 Å². The molecule has 0 bridgehead atoms. The summed E-state index contributed by atoms with van der Waals surface area (Å²) in [4.78, 5) is 31.7. The summed E-state index contributed by atoms with van der Waals surface area (Å²) in [5.74, 6) is 0.213. The van der Waals surface area contributed by atoms with Crippen molar-refractivity contribution >= 4 is 50.9 Å². The highest BCUT2D eigenvalue weighted by atomic mass is 79.9. The predicted molar refractivity (Wildman–Crippen MR) is 142 cm³/mol. The van der Waals surface area contributed by atoms with E-state index in [9.17, 15) is 9.59 Å². The van der Waals surface area contributed by atoms with Gasteiger partial charge in [0.15, 0.2) is 4.80 Å². The molecule has 0 saturated carbocycles. The molecular formula is C26H24BrClN2O4S. The Morgan fingerprint density at radius 1 is 1.29 bits per heavy atom. The maximum atomic E-state index is 13.7. The highest BCUT2D eigenvalue weighted by Gasteiger charge is 2.34. The lowest BCUT2D eigenvalue weighted by molar-refractivity contribution is -0.139. The number of rotatable bonds is 6. The molecule has 1 aromatic heterocycles. The van der Waals surface area contributed by atoms with E-state index in [0.717, 1.165) is 15.8 Å². The zero-order chi connectivity index (χ0) is 25.3. The first kappa shape index (κ1) is 25.4. The minimum absolute atomic E-state index is 0.0440. The molecule has 35 heavy (non-hydrogen) atoms. The van der Waals surface area contributed by atoms with E-state index in [4.69, 9.17) is 21.1 Å². The van der Waals surface area contributed by atoms with Crippen LogP contribution in [0.2, 0.25) is 5.02 Å². The largest absolute Gasteiger partial charge is 0.490 e. The van der Waals surface area contributed by atoms with E-state index in [0.29, 0.717) is 31.2 Å². The third-order valence-electron chi connectivity index (χ3n) is 5.33. The number of nitrogens with zero attached hydrogens (tertiary/aromatic N) is 2. The number of carbonyl (C=O) groups is 1. The Bertz CT molecular complexity index is 1510. The smallest absolute Gasteiger partial charge is 0.338 e. The molecule has 1 atom stereocenters. The fourth-order valence-electron chi connectivity index (χ4n) is 3.89. The van der Waals surface area contributed by atoms with Crippen LogP contribution in [0, 0.1) is 0 Å². The van der Waals surface area contributed by atoms with Crippen molar-refractivity contribution in [3.8, 4) is 5.75 Å². The second kappa shape index (κ2) is 10.5. The van der Waals surface area contributed by atoms with Crippen LogP contribution in [-0.4, -0.2) is 23.2 Å². The van der Waals surface area contributed by atoms with Gasteiger partial charge in [-0.25, -0.2) is 9.79 Å². The second-order valence-corrected chi connectivity index (χ2v) is 10.5. The van der Waals surface area contributed by atoms with E-state index in [-0.39, 0.29) is 18.3 Å². The molecule has 2 heterocycles. The van der Waals surface area contributed by atoms with Gasteiger partial charge in [-0.05, 0) is 79.0 Å². The summed E-state index contributed by atoms with van der Waals surface area (Å²) in [5, 5.41) is 0.452. The van der Waals surface area contributed by atoms with Gasteiger partial charge in [-0.3, -0.25) is 9.36 Å². The van der Waals surface area contributed by atoms with E-state index in [2.05, 4.69) is 20.9 Å². The van der Waals surface area contributed by atoms with Crippen molar-refractivity contribution in [2.75, 3.05) is 6.61 Å². The molecule has 9 heteroatoms. The summed E-state index contributed by atoms with van der Waals surface area (Å²) < 4.78 is 13.9. The lowest BCUT2D eigenvalue weighted by Gasteiger charge is -2.25. The molecule has 1 aliphatic rings. The number of thiazole rings is 1. The number of hydrogen-bond donors (Lipinski definition) is 0. The van der Waals surface area contributed by atoms with Gasteiger partial charge in [0.2, 0.25) is 0 Å². The number of fused-ring (bicyclic) bond motifs is 1. The Balaban J connectivity index is 1.89. The molecule has 6 nitrogen and oxygen atoms in total. The third-order valence-corrected chi connectivity index (χ3v) is 7.28. The first-order valence-electron chi connectivity index (χ1n) is 11.1. The lowest BCUT2D eigenvalue weighted by atomic mass is 9.96. The van der Waals surface area contributed by atoms with E-state index in [1.807, 2.05) is 44.2 Å². The molecule has 2 aromatic carbocycles. The van der Waals surface area contributed by atoms with Crippen molar-refractivity contribution in [2.24, 2.45) is 4.99 Å². The van der Waals surface area contributed by atoms with Gasteiger partial charge in [0.25, 0.3) is 5.56 Å². The monoisotopic (exact) mass is 574 g/mol. The predicted octanol–water partition coefficient (Wildman–Crippen LogP) is 5.00. The van der Waals surface area contributed by atoms with Gasteiger partial charge in [-0.2, -0.15) is 0 Å². The van der Waals surface area contributed by atoms with Gasteiger partial charge in [0, 0.05) is 5.02 Å². The van der Waals surface area contributed by atoms with Crippen molar-refractivity contribution in [1.82, 2.24) is 4.57 Å². The average molecular weight is 576 g/mol. The Morgan fingerprint density at radius 3 is 2.69 bits per heavy atom. The number of esters is 1. The molecule has 3 aromatic rings. The molecule has 0 unspecified atom stereocenters. The minimum atomic E-state index is -0.741. The van der Waals surface area contributed by atoms with E-state index < -0.39 is 12.0 Å². The normalized spacial score (nSPS) is 15.7. The average Bonchev–Trinajstić information content (AvgIpc) is 3.09. The van der Waals surface area contributed by atoms with Crippen molar-refractivity contribution in [2.45, 2.75) is 39.8 Å². The number of allylic oxidation sites excluding steroid dienone is 1. The molecule has 0 amide bonds. The molecule has 0 fully saturated rings. The maximum absolute atomic E-state index is 13.7. The number of halogens is 2. The van der Waals surface area contributed by atoms with Crippen LogP contribution in [0.4, 0.5) is 0 Å². The number of ether oxygens (including phenoxy) is 2. The van der Waals surface area contributed by atoms with Gasteiger partial charge in [0.1, 0.15) is 11.8 Å². The Kier molecular flexibility index (Phi) is 7.64. The van der Waals surface area contributed by atoms with Crippen molar-refractivity contribution < 1.29 is 14.3 Å². The summed E-state index contributed by atoms with van der Waals surface area (Å²) in [7, 11) is 0. The van der Waals surface area contributed by atoms with Gasteiger partial charge in [-0.15, -0.1) is 0 Å². The van der Waals surface area contributed by atoms with Gasteiger partial charge >= 0.3 is 5.97 Å². The summed E-state index contributed by atoms with van der Waals surface area (Å²) in [6.07, 6.45) is 1.85. The maximum Gasteiger partial charge on any atom is 0.338 e. The zero-order valence-corrected chi connectivity index (χ0v) is 22.8. The van der Waals surface area contributed by atoms with Crippen LogP contribution < -0.4 is 19.6 Å². The summed E-state index contributed by atoms with van der Waals surface area (Å²) in [6.45, 7) is 7.62. The summed E-state index contributed by atoms with van der Waals surface area (Å²) in [6, 6.07) is 12.1. The van der Waals surface area contributed by atoms with Crippen LogP contribution in [0.3, 0.4) is 0 Å². The van der Waals surface area contributed by atoms with Crippen molar-refractivity contribution in [1.29, 1.82) is 0 Å². The van der Waals surface area contributed by atoms with Gasteiger partial charge < -0.3 is 9.47 Å². The van der Waals surface area contributed by atoms with Gasteiger partial charge in [-0.1, -0.05) is 47.2 Å². The standard InChI is InChI=1S/C26H24BrClN2O4S/c1-5-33-25(32)22-15(4)29-26-30(23(22)17-8-6-7-9-19(17)28)24(31)21(35-26)13-16-10-11-20(18(27)12-16)34-14(2)3/h6-14,23H,5H2,1-4H3/b21-13-/t23-/m0/s1. The van der Waals surface area contributed by atoms with Gasteiger partial charge in [0.05, 0.1) is 33.0 Å². The molecular weight excluding hydrogens is 552 g/mol. The highest BCUT2D eigenvalue weighted by molar-refractivity contribution is 9.10. The Morgan fingerprint density at radius 2 is 2.03 bits per heavy atom. The van der Waals surface area contributed by atoms with E-state index in [1.165, 1.54) is 15.9 Å². The molecule has 0 N–H and O–H groups in total. The lowest BCUT2D eigenvalue weighted by Crippen LogP contribution is -2.40. The van der Waals surface area contributed by atoms with Crippen LogP contribution in [0.15, 0.2) is 68.0 Å². The molecule has 182 valence electrons. The molecule has 0 radical (unpaired) electrons. The van der Waals surface area contributed by atoms with Crippen molar-refractivity contribution in [3.05, 3.63) is 94.0 Å². The molecule has 0 spiro atoms.